The van der Waals surface area contributed by atoms with E-state index in [1.54, 1.807) is 0 Å². The van der Waals surface area contributed by atoms with Crippen LogP contribution in [-0.2, 0) is 4.74 Å². The molecule has 1 N–H and O–H groups in total. The van der Waals surface area contributed by atoms with Crippen molar-refractivity contribution in [1.82, 2.24) is 5.32 Å². The summed E-state index contributed by atoms with van der Waals surface area (Å²) in [6, 6.07) is 5.48. The van der Waals surface area contributed by atoms with E-state index >= 15 is 0 Å². The Morgan fingerprint density at radius 2 is 2.41 bits per heavy atom. The molecule has 0 radical (unpaired) electrons. The fraction of sp³-hybridized carbons (Fsp3) is 0.714. The van der Waals surface area contributed by atoms with Crippen molar-refractivity contribution in [1.29, 1.82) is 0 Å². The van der Waals surface area contributed by atoms with Gasteiger partial charge in [-0.25, -0.2) is 0 Å². The van der Waals surface area contributed by atoms with Crippen LogP contribution >= 0.6 is 11.3 Å². The first-order valence-electron chi connectivity index (χ1n) is 6.71. The molecule has 0 aromatic carbocycles. The molecule has 2 nitrogen and oxygen atoms in total. The molecule has 94 valence electrons. The molecule has 1 aromatic rings. The van der Waals surface area contributed by atoms with Gasteiger partial charge in [0.05, 0.1) is 5.60 Å². The quantitative estimate of drug-likeness (QED) is 0.887. The lowest BCUT2D eigenvalue weighted by molar-refractivity contribution is -0.136. The van der Waals surface area contributed by atoms with Crippen LogP contribution in [0.3, 0.4) is 0 Å². The topological polar surface area (TPSA) is 21.3 Å². The summed E-state index contributed by atoms with van der Waals surface area (Å²) in [5.41, 5.74) is 0.255. The van der Waals surface area contributed by atoms with E-state index in [9.17, 15) is 0 Å². The lowest BCUT2D eigenvalue weighted by atomic mass is 9.74. The zero-order chi connectivity index (χ0) is 11.7. The molecule has 1 saturated heterocycles. The van der Waals surface area contributed by atoms with Gasteiger partial charge in [-0.05, 0) is 50.5 Å². The number of hydrogen-bond acceptors (Lipinski definition) is 3. The van der Waals surface area contributed by atoms with E-state index in [0.29, 0.717) is 12.1 Å². The summed E-state index contributed by atoms with van der Waals surface area (Å²) in [5, 5.41) is 5.93. The molecule has 0 amide bonds. The van der Waals surface area contributed by atoms with E-state index in [4.69, 9.17) is 4.74 Å². The van der Waals surface area contributed by atoms with Gasteiger partial charge >= 0.3 is 0 Å². The standard InChI is InChI=1S/C14H21NOS/c1-11(13-4-2-9-17-13)15-12-5-8-16-14(10-12)6-3-7-14/h2,4,9,11-12,15H,3,5-8,10H2,1H3. The number of hydrogen-bond donors (Lipinski definition) is 1. The van der Waals surface area contributed by atoms with Crippen LogP contribution < -0.4 is 5.32 Å². The van der Waals surface area contributed by atoms with Crippen molar-refractivity contribution >= 4 is 11.3 Å². The normalized spacial score (nSPS) is 28.9. The SMILES string of the molecule is CC(NC1CCOC2(CCC2)C1)c1cccs1. The predicted molar refractivity (Wildman–Crippen MR) is 71.4 cm³/mol. The molecule has 1 saturated carbocycles. The van der Waals surface area contributed by atoms with Crippen molar-refractivity contribution in [3.8, 4) is 0 Å². The van der Waals surface area contributed by atoms with Gasteiger partial charge in [0.15, 0.2) is 0 Å². The fourth-order valence-electron chi connectivity index (χ4n) is 3.06. The molecule has 1 aliphatic carbocycles. The first-order chi connectivity index (χ1) is 8.27. The van der Waals surface area contributed by atoms with Gasteiger partial charge in [0.1, 0.15) is 0 Å². The highest BCUT2D eigenvalue weighted by Gasteiger charge is 2.42. The lowest BCUT2D eigenvalue weighted by Crippen LogP contribution is -2.51. The van der Waals surface area contributed by atoms with Crippen LogP contribution in [0.2, 0.25) is 0 Å². The van der Waals surface area contributed by atoms with Crippen LogP contribution in [0.15, 0.2) is 17.5 Å². The summed E-state index contributed by atoms with van der Waals surface area (Å²) in [4.78, 5) is 1.44. The Morgan fingerprint density at radius 3 is 3.06 bits per heavy atom. The number of rotatable bonds is 3. The summed E-state index contributed by atoms with van der Waals surface area (Å²) in [7, 11) is 0. The minimum Gasteiger partial charge on any atom is -0.375 e. The van der Waals surface area contributed by atoms with Crippen LogP contribution in [0.5, 0.6) is 0 Å². The van der Waals surface area contributed by atoms with E-state index < -0.39 is 0 Å². The Morgan fingerprint density at radius 1 is 1.53 bits per heavy atom. The lowest BCUT2D eigenvalue weighted by Gasteiger charge is -2.47. The Kier molecular flexibility index (Phi) is 3.24. The van der Waals surface area contributed by atoms with Gasteiger partial charge in [0, 0.05) is 23.6 Å². The Bertz CT molecular complexity index is 358. The summed E-state index contributed by atoms with van der Waals surface area (Å²) in [6.45, 7) is 3.21. The molecule has 17 heavy (non-hydrogen) atoms. The van der Waals surface area contributed by atoms with Gasteiger partial charge in [0.25, 0.3) is 0 Å². The minimum absolute atomic E-state index is 0.255. The van der Waals surface area contributed by atoms with Crippen molar-refractivity contribution in [3.05, 3.63) is 22.4 Å². The van der Waals surface area contributed by atoms with Gasteiger partial charge in [-0.15, -0.1) is 11.3 Å². The zero-order valence-corrected chi connectivity index (χ0v) is 11.3. The van der Waals surface area contributed by atoms with Crippen molar-refractivity contribution in [2.45, 2.75) is 56.7 Å². The molecule has 1 aromatic heterocycles. The average Bonchev–Trinajstić information content (AvgIpc) is 2.81. The summed E-state index contributed by atoms with van der Waals surface area (Å²) < 4.78 is 5.97. The van der Waals surface area contributed by atoms with Crippen LogP contribution in [0.25, 0.3) is 0 Å². The second-order valence-electron chi connectivity index (χ2n) is 5.48. The van der Waals surface area contributed by atoms with Crippen molar-refractivity contribution in [2.24, 2.45) is 0 Å². The molecule has 1 spiro atoms. The maximum atomic E-state index is 5.97. The monoisotopic (exact) mass is 251 g/mol. The number of thiophene rings is 1. The van der Waals surface area contributed by atoms with Gasteiger partial charge in [-0.3, -0.25) is 0 Å². The van der Waals surface area contributed by atoms with Gasteiger partial charge < -0.3 is 10.1 Å². The van der Waals surface area contributed by atoms with Crippen LogP contribution in [-0.4, -0.2) is 18.2 Å². The third-order valence-electron chi connectivity index (χ3n) is 4.21. The molecule has 0 bridgehead atoms. The molecule has 2 fully saturated rings. The average molecular weight is 251 g/mol. The van der Waals surface area contributed by atoms with Crippen molar-refractivity contribution in [3.63, 3.8) is 0 Å². The Balaban J connectivity index is 1.58. The third kappa shape index (κ3) is 2.42. The van der Waals surface area contributed by atoms with E-state index in [2.05, 4.69) is 29.8 Å². The van der Waals surface area contributed by atoms with Crippen LogP contribution in [0.1, 0.15) is 49.9 Å². The Hall–Kier alpha value is -0.380. The van der Waals surface area contributed by atoms with Crippen LogP contribution in [0, 0.1) is 0 Å². The zero-order valence-electron chi connectivity index (χ0n) is 10.4. The maximum Gasteiger partial charge on any atom is 0.0697 e. The first-order valence-corrected chi connectivity index (χ1v) is 7.59. The smallest absolute Gasteiger partial charge is 0.0697 e. The molecule has 2 aliphatic rings. The molecule has 2 atom stereocenters. The fourth-order valence-corrected chi connectivity index (χ4v) is 3.81. The number of ether oxygens (including phenoxy) is 1. The molecular weight excluding hydrogens is 230 g/mol. The van der Waals surface area contributed by atoms with Crippen LogP contribution in [0.4, 0.5) is 0 Å². The third-order valence-corrected chi connectivity index (χ3v) is 5.27. The van der Waals surface area contributed by atoms with E-state index in [1.807, 2.05) is 11.3 Å². The molecule has 1 aliphatic heterocycles. The summed E-state index contributed by atoms with van der Waals surface area (Å²) >= 11 is 1.85. The van der Waals surface area contributed by atoms with Gasteiger partial charge in [-0.2, -0.15) is 0 Å². The summed E-state index contributed by atoms with van der Waals surface area (Å²) in [5.74, 6) is 0. The highest BCUT2D eigenvalue weighted by Crippen LogP contribution is 2.42. The van der Waals surface area contributed by atoms with E-state index in [-0.39, 0.29) is 5.60 Å². The minimum atomic E-state index is 0.255. The van der Waals surface area contributed by atoms with Gasteiger partial charge in [0.2, 0.25) is 0 Å². The second-order valence-corrected chi connectivity index (χ2v) is 6.46. The molecular formula is C14H21NOS. The Labute approximate surface area is 107 Å². The summed E-state index contributed by atoms with van der Waals surface area (Å²) in [6.07, 6.45) is 6.28. The highest BCUT2D eigenvalue weighted by atomic mass is 32.1. The molecule has 3 rings (SSSR count). The molecule has 3 heteroatoms. The van der Waals surface area contributed by atoms with Crippen molar-refractivity contribution in [2.75, 3.05) is 6.61 Å². The second kappa shape index (κ2) is 4.71. The van der Waals surface area contributed by atoms with Crippen molar-refractivity contribution < 1.29 is 4.74 Å². The van der Waals surface area contributed by atoms with E-state index in [1.165, 1.54) is 30.6 Å². The molecule has 2 unspecified atom stereocenters. The predicted octanol–water partition coefficient (Wildman–Crippen LogP) is 3.50. The van der Waals surface area contributed by atoms with Gasteiger partial charge in [-0.1, -0.05) is 6.07 Å². The van der Waals surface area contributed by atoms with E-state index in [0.717, 1.165) is 13.0 Å². The highest BCUT2D eigenvalue weighted by molar-refractivity contribution is 7.10. The molecule has 2 heterocycles. The largest absolute Gasteiger partial charge is 0.375 e. The maximum absolute atomic E-state index is 5.97. The number of nitrogens with one attached hydrogen (secondary N) is 1. The first kappa shape index (κ1) is 11.7.